The third-order valence-electron chi connectivity index (χ3n) is 6.80. The van der Waals surface area contributed by atoms with E-state index >= 15 is 0 Å². The van der Waals surface area contributed by atoms with Crippen molar-refractivity contribution in [3.8, 4) is 11.5 Å². The van der Waals surface area contributed by atoms with Gasteiger partial charge in [0.05, 0.1) is 11.7 Å². The number of carbonyl (C=O) groups excluding carboxylic acids is 1. The summed E-state index contributed by atoms with van der Waals surface area (Å²) < 4.78 is 6.01. The molecule has 8 nitrogen and oxygen atoms in total. The summed E-state index contributed by atoms with van der Waals surface area (Å²) in [6.45, 7) is 5.40. The van der Waals surface area contributed by atoms with E-state index < -0.39 is 0 Å². The predicted molar refractivity (Wildman–Crippen MR) is 135 cm³/mol. The number of benzene rings is 2. The van der Waals surface area contributed by atoms with E-state index in [1.54, 1.807) is 19.4 Å². The first-order chi connectivity index (χ1) is 17.0. The van der Waals surface area contributed by atoms with Gasteiger partial charge in [-0.3, -0.25) is 4.79 Å². The number of nitrogens with zero attached hydrogens (tertiary/aromatic N) is 4. The number of nitrogens with one attached hydrogen (secondary N) is 2. The summed E-state index contributed by atoms with van der Waals surface area (Å²) in [7, 11) is 0. The van der Waals surface area contributed by atoms with Crippen LogP contribution in [0.1, 0.15) is 12.5 Å². The minimum atomic E-state index is 0.0440. The Morgan fingerprint density at radius 2 is 1.83 bits per heavy atom. The smallest absolute Gasteiger partial charge is 0.217 e. The van der Waals surface area contributed by atoms with Crippen LogP contribution in [0.2, 0.25) is 0 Å². The van der Waals surface area contributed by atoms with Crippen molar-refractivity contribution in [2.24, 2.45) is 11.8 Å². The van der Waals surface area contributed by atoms with Crippen molar-refractivity contribution in [3.63, 3.8) is 0 Å². The van der Waals surface area contributed by atoms with Gasteiger partial charge in [0.1, 0.15) is 29.5 Å². The number of rotatable bonds is 6. The van der Waals surface area contributed by atoms with E-state index in [1.165, 1.54) is 0 Å². The second kappa shape index (κ2) is 8.54. The number of carbonyl (C=O) groups is 1. The number of aryl methyl sites for hydroxylation is 1. The predicted octanol–water partition coefficient (Wildman–Crippen LogP) is 4.44. The zero-order valence-corrected chi connectivity index (χ0v) is 19.6. The van der Waals surface area contributed by atoms with E-state index in [0.29, 0.717) is 17.9 Å². The summed E-state index contributed by atoms with van der Waals surface area (Å²) in [6.07, 6.45) is 3.35. The zero-order chi connectivity index (χ0) is 23.9. The Labute approximate surface area is 203 Å². The quantitative estimate of drug-likeness (QED) is 0.434. The van der Waals surface area contributed by atoms with Crippen molar-refractivity contribution < 1.29 is 9.53 Å². The molecule has 0 radical (unpaired) electrons. The molecule has 2 atom stereocenters. The van der Waals surface area contributed by atoms with Gasteiger partial charge in [0.25, 0.3) is 0 Å². The van der Waals surface area contributed by atoms with Gasteiger partial charge in [-0.1, -0.05) is 18.2 Å². The minimum absolute atomic E-state index is 0.0440. The van der Waals surface area contributed by atoms with Gasteiger partial charge < -0.3 is 20.3 Å². The first kappa shape index (κ1) is 21.3. The molecule has 1 saturated heterocycles. The van der Waals surface area contributed by atoms with E-state index in [9.17, 15) is 4.79 Å². The highest BCUT2D eigenvalue weighted by Gasteiger charge is 2.56. The number of aromatic nitrogens is 3. The summed E-state index contributed by atoms with van der Waals surface area (Å²) in [5, 5.41) is 7.41. The average molecular weight is 467 g/mol. The molecule has 1 saturated carbocycles. The molecule has 0 bridgehead atoms. The van der Waals surface area contributed by atoms with Crippen molar-refractivity contribution in [2.45, 2.75) is 19.9 Å². The highest BCUT2D eigenvalue weighted by atomic mass is 16.5. The van der Waals surface area contributed by atoms with Crippen LogP contribution in [-0.4, -0.2) is 40.0 Å². The first-order valence-corrected chi connectivity index (χ1v) is 11.8. The van der Waals surface area contributed by atoms with Gasteiger partial charge in [-0.2, -0.15) is 0 Å². The molecule has 2 unspecified atom stereocenters. The first-order valence-electron chi connectivity index (χ1n) is 11.8. The summed E-state index contributed by atoms with van der Waals surface area (Å²) in [5.74, 6) is 4.30. The van der Waals surface area contributed by atoms with Crippen LogP contribution in [0.5, 0.6) is 11.5 Å². The lowest BCUT2D eigenvalue weighted by atomic mass is 10.2. The van der Waals surface area contributed by atoms with Gasteiger partial charge in [-0.25, -0.2) is 15.0 Å². The van der Waals surface area contributed by atoms with Crippen molar-refractivity contribution >= 4 is 34.1 Å². The fourth-order valence-corrected chi connectivity index (χ4v) is 4.98. The number of amides is 1. The van der Waals surface area contributed by atoms with Crippen LogP contribution in [0.3, 0.4) is 0 Å². The number of para-hydroxylation sites is 1. The number of anilines is 3. The molecule has 0 spiro atoms. The SMILES string of the molecule is CC(=O)NC1C2CN(c3cc4c(Nc5ccc(Oc6ccccc6)c(C)c5)ncnc4cn3)CC21. The number of hydrogen-bond donors (Lipinski definition) is 2. The number of piperidine rings is 1. The lowest BCUT2D eigenvalue weighted by Gasteiger charge is -2.21. The van der Waals surface area contributed by atoms with Crippen LogP contribution in [0.4, 0.5) is 17.3 Å². The van der Waals surface area contributed by atoms with Gasteiger partial charge in [0.15, 0.2) is 0 Å². The molecule has 3 heterocycles. The standard InChI is InChI=1S/C27H26N6O2/c1-16-10-18(8-9-24(16)35-19-6-4-3-5-7-19)32-27-20-11-25(28-12-23(20)29-15-30-27)33-13-21-22(14-33)26(21)31-17(2)34/h3-12,15,21-22,26H,13-14H2,1-2H3,(H,31,34)(H,29,30,32). The number of pyridine rings is 1. The molecule has 2 N–H and O–H groups in total. The molecule has 1 amide bonds. The molecule has 8 heteroatoms. The molecule has 2 aromatic carbocycles. The van der Waals surface area contributed by atoms with Crippen molar-refractivity contribution in [1.82, 2.24) is 20.3 Å². The Bertz CT molecular complexity index is 1400. The summed E-state index contributed by atoms with van der Waals surface area (Å²) in [5.41, 5.74) is 2.72. The molecule has 1 aliphatic heterocycles. The Morgan fingerprint density at radius 3 is 2.57 bits per heavy atom. The van der Waals surface area contributed by atoms with Crippen molar-refractivity contribution in [1.29, 1.82) is 0 Å². The fourth-order valence-electron chi connectivity index (χ4n) is 4.98. The molecular weight excluding hydrogens is 440 g/mol. The highest BCUT2D eigenvalue weighted by molar-refractivity contribution is 5.92. The Balaban J connectivity index is 1.21. The molecule has 2 aliphatic rings. The second-order valence-corrected chi connectivity index (χ2v) is 9.26. The molecule has 4 aromatic rings. The van der Waals surface area contributed by atoms with E-state index in [0.717, 1.165) is 58.4 Å². The largest absolute Gasteiger partial charge is 0.457 e. The van der Waals surface area contributed by atoms with Gasteiger partial charge in [0, 0.05) is 49.0 Å². The van der Waals surface area contributed by atoms with Crippen LogP contribution in [0.25, 0.3) is 10.9 Å². The van der Waals surface area contributed by atoms with E-state index in [-0.39, 0.29) is 5.91 Å². The maximum absolute atomic E-state index is 11.4. The second-order valence-electron chi connectivity index (χ2n) is 9.26. The normalized spacial score (nSPS) is 20.4. The van der Waals surface area contributed by atoms with Crippen molar-refractivity contribution in [2.75, 3.05) is 23.3 Å². The summed E-state index contributed by atoms with van der Waals surface area (Å²) in [6, 6.07) is 18.1. The van der Waals surface area contributed by atoms with Crippen LogP contribution in [0.15, 0.2) is 67.1 Å². The third-order valence-corrected chi connectivity index (χ3v) is 6.80. The molecule has 35 heavy (non-hydrogen) atoms. The average Bonchev–Trinajstić information content (AvgIpc) is 3.27. The molecule has 176 valence electrons. The van der Waals surface area contributed by atoms with Crippen LogP contribution >= 0.6 is 0 Å². The van der Waals surface area contributed by atoms with Gasteiger partial charge in [0.2, 0.25) is 5.91 Å². The third kappa shape index (κ3) is 4.23. The van der Waals surface area contributed by atoms with Gasteiger partial charge >= 0.3 is 0 Å². The van der Waals surface area contributed by atoms with Gasteiger partial charge in [-0.05, 0) is 48.9 Å². The zero-order valence-electron chi connectivity index (χ0n) is 19.6. The monoisotopic (exact) mass is 466 g/mol. The Kier molecular flexibility index (Phi) is 5.21. The molecule has 2 fully saturated rings. The number of ether oxygens (including phenoxy) is 1. The molecule has 1 aliphatic carbocycles. The minimum Gasteiger partial charge on any atom is -0.457 e. The number of fused-ring (bicyclic) bond motifs is 2. The Hall–Kier alpha value is -4.20. The topological polar surface area (TPSA) is 92.3 Å². The van der Waals surface area contributed by atoms with Gasteiger partial charge in [-0.15, -0.1) is 0 Å². The Morgan fingerprint density at radius 1 is 1.03 bits per heavy atom. The maximum atomic E-state index is 11.4. The molecule has 6 rings (SSSR count). The lowest BCUT2D eigenvalue weighted by molar-refractivity contribution is -0.119. The molecular formula is C27H26N6O2. The van der Waals surface area contributed by atoms with Crippen molar-refractivity contribution in [3.05, 3.63) is 72.7 Å². The summed E-state index contributed by atoms with van der Waals surface area (Å²) in [4.78, 5) is 27.2. The van der Waals surface area contributed by atoms with Crippen LogP contribution in [-0.2, 0) is 4.79 Å². The number of hydrogen-bond acceptors (Lipinski definition) is 7. The molecule has 2 aromatic heterocycles. The van der Waals surface area contributed by atoms with Crippen LogP contribution in [0, 0.1) is 18.8 Å². The van der Waals surface area contributed by atoms with E-state index in [4.69, 9.17) is 4.74 Å². The summed E-state index contributed by atoms with van der Waals surface area (Å²) >= 11 is 0. The fraction of sp³-hybridized carbons (Fsp3) is 0.259. The van der Waals surface area contributed by atoms with E-state index in [2.05, 4.69) is 36.6 Å². The maximum Gasteiger partial charge on any atom is 0.217 e. The van der Waals surface area contributed by atoms with E-state index in [1.807, 2.05) is 55.5 Å². The van der Waals surface area contributed by atoms with Crippen LogP contribution < -0.4 is 20.3 Å². The lowest BCUT2D eigenvalue weighted by Crippen LogP contribution is -2.33. The highest BCUT2D eigenvalue weighted by Crippen LogP contribution is 2.46.